The van der Waals surface area contributed by atoms with Crippen LogP contribution in [-0.4, -0.2) is 42.9 Å². The van der Waals surface area contributed by atoms with Gasteiger partial charge in [-0.05, 0) is 24.8 Å². The Kier molecular flexibility index (Phi) is 9.20. The Morgan fingerprint density at radius 1 is 1.50 bits per heavy atom. The number of amides is 2. The van der Waals surface area contributed by atoms with Crippen LogP contribution in [0.5, 0.6) is 0 Å². The van der Waals surface area contributed by atoms with Crippen LogP contribution in [0.2, 0.25) is 0 Å². The number of thiophene rings is 1. The summed E-state index contributed by atoms with van der Waals surface area (Å²) in [5.74, 6) is -0.0277. The van der Waals surface area contributed by atoms with Crippen LogP contribution in [0.3, 0.4) is 0 Å². The van der Waals surface area contributed by atoms with Crippen LogP contribution < -0.4 is 11.1 Å². The topological polar surface area (TPSA) is 75.4 Å². The zero-order valence-corrected chi connectivity index (χ0v) is 13.4. The van der Waals surface area contributed by atoms with Gasteiger partial charge in [0.15, 0.2) is 0 Å². The summed E-state index contributed by atoms with van der Waals surface area (Å²) < 4.78 is 0. The van der Waals surface area contributed by atoms with Crippen LogP contribution in [0, 0.1) is 0 Å². The van der Waals surface area contributed by atoms with E-state index >= 15 is 0 Å². The summed E-state index contributed by atoms with van der Waals surface area (Å²) in [5, 5.41) is 6.46. The predicted octanol–water partition coefficient (Wildman–Crippen LogP) is 1.49. The van der Waals surface area contributed by atoms with Gasteiger partial charge >= 0.3 is 0 Å². The standard InChI is InChI=1S/C13H21N3O2S.ClH/c1-10(8-14)16(2)12(17)4-3-6-15-13(18)11-5-7-19-9-11;/h5,7,9-10H,3-4,6,8,14H2,1-2H3,(H,15,18);1H. The van der Waals surface area contributed by atoms with E-state index in [2.05, 4.69) is 5.32 Å². The molecule has 1 aromatic rings. The summed E-state index contributed by atoms with van der Waals surface area (Å²) in [6, 6.07) is 1.83. The van der Waals surface area contributed by atoms with Crippen LogP contribution in [0.1, 0.15) is 30.1 Å². The minimum Gasteiger partial charge on any atom is -0.352 e. The Labute approximate surface area is 129 Å². The van der Waals surface area contributed by atoms with Crippen LogP contribution >= 0.6 is 23.7 Å². The number of carbonyl (C=O) groups is 2. The van der Waals surface area contributed by atoms with Gasteiger partial charge in [0, 0.05) is 43.5 Å². The van der Waals surface area contributed by atoms with Crippen LogP contribution in [0.25, 0.3) is 0 Å². The Balaban J connectivity index is 0.00000361. The van der Waals surface area contributed by atoms with Gasteiger partial charge in [0.2, 0.25) is 5.91 Å². The first-order chi connectivity index (χ1) is 9.06. The van der Waals surface area contributed by atoms with E-state index in [1.165, 1.54) is 11.3 Å². The molecule has 0 bridgehead atoms. The zero-order valence-electron chi connectivity index (χ0n) is 11.8. The predicted molar refractivity (Wildman–Crippen MR) is 84.4 cm³/mol. The van der Waals surface area contributed by atoms with E-state index in [0.717, 1.165) is 0 Å². The molecule has 0 fully saturated rings. The molecular weight excluding hydrogens is 298 g/mol. The molecule has 0 saturated heterocycles. The molecular formula is C13H22ClN3O2S. The summed E-state index contributed by atoms with van der Waals surface area (Å²) in [6.45, 7) is 2.87. The van der Waals surface area contributed by atoms with Gasteiger partial charge < -0.3 is 16.0 Å². The first-order valence-electron chi connectivity index (χ1n) is 6.32. The fourth-order valence-electron chi connectivity index (χ4n) is 1.52. The lowest BCUT2D eigenvalue weighted by Crippen LogP contribution is -2.39. The highest BCUT2D eigenvalue weighted by Gasteiger charge is 2.13. The molecule has 114 valence electrons. The van der Waals surface area contributed by atoms with Gasteiger partial charge in [-0.25, -0.2) is 0 Å². The number of rotatable bonds is 7. The van der Waals surface area contributed by atoms with Crippen molar-refractivity contribution >= 4 is 35.6 Å². The molecule has 0 aromatic carbocycles. The highest BCUT2D eigenvalue weighted by atomic mass is 35.5. The molecule has 20 heavy (non-hydrogen) atoms. The number of nitrogens with two attached hydrogens (primary N) is 1. The molecule has 0 aliphatic rings. The van der Waals surface area contributed by atoms with Crippen molar-refractivity contribution in [1.29, 1.82) is 0 Å². The lowest BCUT2D eigenvalue weighted by Gasteiger charge is -2.23. The van der Waals surface area contributed by atoms with Crippen molar-refractivity contribution in [2.24, 2.45) is 5.73 Å². The maximum atomic E-state index is 11.8. The normalized spacial score (nSPS) is 11.3. The summed E-state index contributed by atoms with van der Waals surface area (Å²) in [6.07, 6.45) is 1.06. The molecule has 1 atom stereocenters. The van der Waals surface area contributed by atoms with E-state index in [1.807, 2.05) is 12.3 Å². The number of likely N-dealkylation sites (N-methyl/N-ethyl adjacent to an activating group) is 1. The molecule has 1 rings (SSSR count). The number of hydrogen-bond acceptors (Lipinski definition) is 4. The maximum absolute atomic E-state index is 11.8. The van der Waals surface area contributed by atoms with Crippen LogP contribution in [0.15, 0.2) is 16.8 Å². The van der Waals surface area contributed by atoms with E-state index in [-0.39, 0.29) is 30.3 Å². The Morgan fingerprint density at radius 3 is 2.75 bits per heavy atom. The molecule has 0 aliphatic carbocycles. The highest BCUT2D eigenvalue weighted by molar-refractivity contribution is 7.08. The van der Waals surface area contributed by atoms with Crippen molar-refractivity contribution in [2.45, 2.75) is 25.8 Å². The molecule has 2 amide bonds. The van der Waals surface area contributed by atoms with Crippen LogP contribution in [-0.2, 0) is 4.79 Å². The lowest BCUT2D eigenvalue weighted by molar-refractivity contribution is -0.131. The lowest BCUT2D eigenvalue weighted by atomic mass is 10.2. The van der Waals surface area contributed by atoms with Gasteiger partial charge in [-0.2, -0.15) is 11.3 Å². The molecule has 3 N–H and O–H groups in total. The second-order valence-electron chi connectivity index (χ2n) is 4.46. The van der Waals surface area contributed by atoms with E-state index in [9.17, 15) is 9.59 Å². The van der Waals surface area contributed by atoms with Crippen molar-refractivity contribution in [3.05, 3.63) is 22.4 Å². The summed E-state index contributed by atoms with van der Waals surface area (Å²) in [5.41, 5.74) is 6.18. The smallest absolute Gasteiger partial charge is 0.252 e. The summed E-state index contributed by atoms with van der Waals surface area (Å²) >= 11 is 1.49. The van der Waals surface area contributed by atoms with E-state index in [0.29, 0.717) is 31.5 Å². The van der Waals surface area contributed by atoms with Gasteiger partial charge in [0.25, 0.3) is 5.91 Å². The number of nitrogens with zero attached hydrogens (tertiary/aromatic N) is 1. The van der Waals surface area contributed by atoms with Crippen molar-refractivity contribution in [1.82, 2.24) is 10.2 Å². The van der Waals surface area contributed by atoms with Gasteiger partial charge in [0.05, 0.1) is 0 Å². The first-order valence-corrected chi connectivity index (χ1v) is 7.26. The molecule has 0 saturated carbocycles. The van der Waals surface area contributed by atoms with E-state index < -0.39 is 0 Å². The Morgan fingerprint density at radius 2 is 2.20 bits per heavy atom. The highest BCUT2D eigenvalue weighted by Crippen LogP contribution is 2.05. The largest absolute Gasteiger partial charge is 0.352 e. The molecule has 0 aliphatic heterocycles. The monoisotopic (exact) mass is 319 g/mol. The fraction of sp³-hybridized carbons (Fsp3) is 0.538. The third-order valence-corrected chi connectivity index (χ3v) is 3.72. The Bertz CT molecular complexity index is 412. The zero-order chi connectivity index (χ0) is 14.3. The summed E-state index contributed by atoms with van der Waals surface area (Å²) in [7, 11) is 1.75. The van der Waals surface area contributed by atoms with Gasteiger partial charge in [-0.15, -0.1) is 12.4 Å². The maximum Gasteiger partial charge on any atom is 0.252 e. The quantitative estimate of drug-likeness (QED) is 0.748. The van der Waals surface area contributed by atoms with Crippen molar-refractivity contribution < 1.29 is 9.59 Å². The molecule has 1 unspecified atom stereocenters. The van der Waals surface area contributed by atoms with Gasteiger partial charge in [-0.1, -0.05) is 0 Å². The number of hydrogen-bond donors (Lipinski definition) is 2. The van der Waals surface area contributed by atoms with Crippen molar-refractivity contribution in [3.63, 3.8) is 0 Å². The van der Waals surface area contributed by atoms with Crippen molar-refractivity contribution in [3.8, 4) is 0 Å². The Hall–Kier alpha value is -1.11. The molecule has 0 spiro atoms. The third-order valence-electron chi connectivity index (χ3n) is 3.03. The average molecular weight is 320 g/mol. The molecule has 7 heteroatoms. The van der Waals surface area contributed by atoms with Crippen LogP contribution in [0.4, 0.5) is 0 Å². The molecule has 1 heterocycles. The fourth-order valence-corrected chi connectivity index (χ4v) is 2.15. The minimum atomic E-state index is -0.0858. The number of nitrogens with one attached hydrogen (secondary N) is 1. The molecule has 5 nitrogen and oxygen atoms in total. The number of carbonyl (C=O) groups excluding carboxylic acids is 2. The summed E-state index contributed by atoms with van der Waals surface area (Å²) in [4.78, 5) is 25.1. The molecule has 1 aromatic heterocycles. The van der Waals surface area contributed by atoms with E-state index in [1.54, 1.807) is 23.4 Å². The van der Waals surface area contributed by atoms with Gasteiger partial charge in [0.1, 0.15) is 0 Å². The third kappa shape index (κ3) is 5.90. The number of halogens is 1. The second-order valence-corrected chi connectivity index (χ2v) is 5.24. The van der Waals surface area contributed by atoms with Crippen molar-refractivity contribution in [2.75, 3.05) is 20.1 Å². The van der Waals surface area contributed by atoms with E-state index in [4.69, 9.17) is 5.73 Å². The first kappa shape index (κ1) is 18.9. The minimum absolute atomic E-state index is 0. The second kappa shape index (κ2) is 9.74. The molecule has 0 radical (unpaired) electrons. The average Bonchev–Trinajstić information content (AvgIpc) is 2.95. The van der Waals surface area contributed by atoms with Gasteiger partial charge in [-0.3, -0.25) is 9.59 Å². The SMILES string of the molecule is CC(CN)N(C)C(=O)CCCNC(=O)c1ccsc1.Cl.